The third kappa shape index (κ3) is 2.90. The molecule has 0 saturated carbocycles. The van der Waals surface area contributed by atoms with E-state index in [0.717, 1.165) is 43.2 Å². The first-order valence-electron chi connectivity index (χ1n) is 6.99. The van der Waals surface area contributed by atoms with E-state index in [1.165, 1.54) is 0 Å². The van der Waals surface area contributed by atoms with Crippen LogP contribution in [-0.4, -0.2) is 37.0 Å². The lowest BCUT2D eigenvalue weighted by molar-refractivity contribution is -0.129. The van der Waals surface area contributed by atoms with Crippen LogP contribution in [0, 0.1) is 0 Å². The molecule has 5 heteroatoms. The molecule has 0 spiro atoms. The molecule has 0 atom stereocenters. The maximum atomic E-state index is 11.4. The van der Waals surface area contributed by atoms with Gasteiger partial charge in [0.1, 0.15) is 5.76 Å². The van der Waals surface area contributed by atoms with Gasteiger partial charge in [0.2, 0.25) is 5.91 Å². The number of hydrogen-bond donors (Lipinski definition) is 0. The Labute approximate surface area is 128 Å². The summed E-state index contributed by atoms with van der Waals surface area (Å²) in [7, 11) is 0. The zero-order chi connectivity index (χ0) is 14.8. The molecule has 2 heterocycles. The molecule has 1 aromatic carbocycles. The van der Waals surface area contributed by atoms with E-state index in [4.69, 9.17) is 16.0 Å². The first kappa shape index (κ1) is 14.0. The molecule has 21 heavy (non-hydrogen) atoms. The predicted octanol–water partition coefficient (Wildman–Crippen LogP) is 3.27. The second-order valence-corrected chi connectivity index (χ2v) is 5.54. The average molecular weight is 305 g/mol. The number of furan rings is 1. The minimum atomic E-state index is 0.133. The highest BCUT2D eigenvalue weighted by Crippen LogP contribution is 2.31. The number of carbonyl (C=O) groups excluding carboxylic acids is 1. The zero-order valence-electron chi connectivity index (χ0n) is 11.9. The van der Waals surface area contributed by atoms with Crippen molar-refractivity contribution in [3.63, 3.8) is 0 Å². The summed E-state index contributed by atoms with van der Waals surface area (Å²) in [6.45, 7) is 4.71. The van der Waals surface area contributed by atoms with Crippen molar-refractivity contribution in [1.29, 1.82) is 0 Å². The van der Waals surface area contributed by atoms with Crippen molar-refractivity contribution in [3.8, 4) is 11.3 Å². The van der Waals surface area contributed by atoms with E-state index < -0.39 is 0 Å². The molecule has 1 saturated heterocycles. The molecule has 0 aliphatic carbocycles. The molecule has 0 unspecified atom stereocenters. The standard InChI is InChI=1S/C16H17ClN2O2/c1-12(20)18-6-8-19(9-7-18)15-5-4-13(11-14(15)17)16-3-2-10-21-16/h2-5,10-11H,6-9H2,1H3. The lowest BCUT2D eigenvalue weighted by Gasteiger charge is -2.36. The molecule has 0 radical (unpaired) electrons. The Hall–Kier alpha value is -1.94. The largest absolute Gasteiger partial charge is 0.464 e. The Morgan fingerprint density at radius 1 is 1.19 bits per heavy atom. The number of rotatable bonds is 2. The van der Waals surface area contributed by atoms with E-state index in [1.807, 2.05) is 35.2 Å². The smallest absolute Gasteiger partial charge is 0.219 e. The molecule has 4 nitrogen and oxygen atoms in total. The summed E-state index contributed by atoms with van der Waals surface area (Å²) in [6, 6.07) is 9.73. The van der Waals surface area contributed by atoms with Gasteiger partial charge in [-0.05, 0) is 30.3 Å². The van der Waals surface area contributed by atoms with E-state index in [0.29, 0.717) is 5.02 Å². The monoisotopic (exact) mass is 304 g/mol. The molecule has 1 amide bonds. The highest BCUT2D eigenvalue weighted by molar-refractivity contribution is 6.33. The number of carbonyl (C=O) groups is 1. The lowest BCUT2D eigenvalue weighted by Crippen LogP contribution is -2.48. The van der Waals surface area contributed by atoms with Gasteiger partial charge in [-0.2, -0.15) is 0 Å². The second kappa shape index (κ2) is 5.82. The number of hydrogen-bond acceptors (Lipinski definition) is 3. The summed E-state index contributed by atoms with van der Waals surface area (Å²) >= 11 is 6.41. The fourth-order valence-corrected chi connectivity index (χ4v) is 2.92. The van der Waals surface area contributed by atoms with Crippen LogP contribution in [0.1, 0.15) is 6.92 Å². The highest BCUT2D eigenvalue weighted by atomic mass is 35.5. The molecule has 1 aliphatic heterocycles. The van der Waals surface area contributed by atoms with Crippen molar-refractivity contribution in [3.05, 3.63) is 41.6 Å². The topological polar surface area (TPSA) is 36.7 Å². The maximum Gasteiger partial charge on any atom is 0.219 e. The predicted molar refractivity (Wildman–Crippen MR) is 83.6 cm³/mol. The van der Waals surface area contributed by atoms with Crippen molar-refractivity contribution < 1.29 is 9.21 Å². The first-order chi connectivity index (χ1) is 10.1. The third-order valence-corrected chi connectivity index (χ3v) is 4.12. The van der Waals surface area contributed by atoms with Gasteiger partial charge in [-0.25, -0.2) is 0 Å². The number of nitrogens with zero attached hydrogens (tertiary/aromatic N) is 2. The van der Waals surface area contributed by atoms with Crippen molar-refractivity contribution in [2.45, 2.75) is 6.92 Å². The van der Waals surface area contributed by atoms with Crippen LogP contribution in [0.25, 0.3) is 11.3 Å². The van der Waals surface area contributed by atoms with E-state index in [-0.39, 0.29) is 5.91 Å². The van der Waals surface area contributed by atoms with E-state index in [9.17, 15) is 4.79 Å². The SMILES string of the molecule is CC(=O)N1CCN(c2ccc(-c3ccco3)cc2Cl)CC1. The molecular formula is C16H17ClN2O2. The van der Waals surface area contributed by atoms with Gasteiger partial charge in [-0.15, -0.1) is 0 Å². The molecular weight excluding hydrogens is 288 g/mol. The van der Waals surface area contributed by atoms with Crippen LogP contribution < -0.4 is 4.90 Å². The number of halogens is 1. The Morgan fingerprint density at radius 3 is 2.52 bits per heavy atom. The minimum absolute atomic E-state index is 0.133. The summed E-state index contributed by atoms with van der Waals surface area (Å²) in [5.74, 6) is 0.943. The molecule has 3 rings (SSSR count). The number of benzene rings is 1. The van der Waals surface area contributed by atoms with Crippen LogP contribution in [0.5, 0.6) is 0 Å². The Balaban J connectivity index is 1.76. The fraction of sp³-hybridized carbons (Fsp3) is 0.312. The van der Waals surface area contributed by atoms with Gasteiger partial charge >= 0.3 is 0 Å². The van der Waals surface area contributed by atoms with Crippen LogP contribution in [0.15, 0.2) is 41.0 Å². The van der Waals surface area contributed by atoms with Crippen molar-refractivity contribution in [2.75, 3.05) is 31.1 Å². The van der Waals surface area contributed by atoms with E-state index in [2.05, 4.69) is 4.90 Å². The molecule has 2 aromatic rings. The fourth-order valence-electron chi connectivity index (χ4n) is 2.62. The van der Waals surface area contributed by atoms with Gasteiger partial charge in [-0.1, -0.05) is 11.6 Å². The van der Waals surface area contributed by atoms with Gasteiger partial charge in [0.25, 0.3) is 0 Å². The number of anilines is 1. The van der Waals surface area contributed by atoms with Crippen LogP contribution in [0.3, 0.4) is 0 Å². The third-order valence-electron chi connectivity index (χ3n) is 3.82. The Morgan fingerprint density at radius 2 is 1.95 bits per heavy atom. The van der Waals surface area contributed by atoms with Gasteiger partial charge < -0.3 is 14.2 Å². The Bertz CT molecular complexity index is 632. The molecule has 1 aromatic heterocycles. The van der Waals surface area contributed by atoms with Crippen molar-refractivity contribution in [1.82, 2.24) is 4.90 Å². The van der Waals surface area contributed by atoms with Gasteiger partial charge in [0.15, 0.2) is 0 Å². The molecule has 1 aliphatic rings. The quantitative estimate of drug-likeness (QED) is 0.854. The normalized spacial score (nSPS) is 15.3. The van der Waals surface area contributed by atoms with Crippen molar-refractivity contribution in [2.24, 2.45) is 0 Å². The van der Waals surface area contributed by atoms with Crippen LogP contribution in [0.2, 0.25) is 5.02 Å². The van der Waals surface area contributed by atoms with Crippen LogP contribution in [-0.2, 0) is 4.79 Å². The Kier molecular flexibility index (Phi) is 3.88. The number of piperazine rings is 1. The highest BCUT2D eigenvalue weighted by Gasteiger charge is 2.20. The number of amides is 1. The van der Waals surface area contributed by atoms with Gasteiger partial charge in [0, 0.05) is 38.7 Å². The lowest BCUT2D eigenvalue weighted by atomic mass is 10.1. The van der Waals surface area contributed by atoms with E-state index >= 15 is 0 Å². The van der Waals surface area contributed by atoms with Crippen molar-refractivity contribution >= 4 is 23.2 Å². The summed E-state index contributed by atoms with van der Waals surface area (Å²) in [6.07, 6.45) is 1.65. The van der Waals surface area contributed by atoms with Gasteiger partial charge in [-0.3, -0.25) is 4.79 Å². The second-order valence-electron chi connectivity index (χ2n) is 5.14. The summed E-state index contributed by atoms with van der Waals surface area (Å²) in [5, 5.41) is 0.708. The summed E-state index contributed by atoms with van der Waals surface area (Å²) < 4.78 is 5.38. The average Bonchev–Trinajstić information content (AvgIpc) is 3.01. The van der Waals surface area contributed by atoms with E-state index in [1.54, 1.807) is 13.2 Å². The molecule has 110 valence electrons. The minimum Gasteiger partial charge on any atom is -0.464 e. The molecule has 0 N–H and O–H groups in total. The summed E-state index contributed by atoms with van der Waals surface area (Å²) in [4.78, 5) is 15.4. The van der Waals surface area contributed by atoms with Crippen LogP contribution in [0.4, 0.5) is 5.69 Å². The molecule has 0 bridgehead atoms. The van der Waals surface area contributed by atoms with Crippen LogP contribution >= 0.6 is 11.6 Å². The zero-order valence-corrected chi connectivity index (χ0v) is 12.6. The maximum absolute atomic E-state index is 11.4. The van der Waals surface area contributed by atoms with Gasteiger partial charge in [0.05, 0.1) is 17.0 Å². The molecule has 1 fully saturated rings. The first-order valence-corrected chi connectivity index (χ1v) is 7.37. The summed E-state index contributed by atoms with van der Waals surface area (Å²) in [5.41, 5.74) is 1.98.